The summed E-state index contributed by atoms with van der Waals surface area (Å²) in [6.07, 6.45) is 0. The number of hydrogen-bond donors (Lipinski definition) is 2. The van der Waals surface area contributed by atoms with Crippen molar-refractivity contribution in [3.63, 3.8) is 0 Å². The molecule has 32 heavy (non-hydrogen) atoms. The number of carbonyl (C=O) groups excluding carboxylic acids is 1. The summed E-state index contributed by atoms with van der Waals surface area (Å²) in [6, 6.07) is 22.4. The van der Waals surface area contributed by atoms with Gasteiger partial charge in [-0.25, -0.2) is 5.43 Å². The van der Waals surface area contributed by atoms with E-state index in [0.29, 0.717) is 28.7 Å². The zero-order valence-corrected chi connectivity index (χ0v) is 18.0. The zero-order chi connectivity index (χ0) is 22.5. The molecule has 0 unspecified atom stereocenters. The third-order valence-corrected chi connectivity index (χ3v) is 4.94. The Morgan fingerprint density at radius 1 is 0.875 bits per heavy atom. The van der Waals surface area contributed by atoms with E-state index in [1.165, 1.54) is 0 Å². The molecule has 4 aromatic rings. The minimum absolute atomic E-state index is 0.341. The predicted molar refractivity (Wildman–Crippen MR) is 124 cm³/mol. The van der Waals surface area contributed by atoms with Crippen LogP contribution < -0.4 is 19.6 Å². The number of rotatable bonds is 7. The molecule has 4 rings (SSSR count). The number of nitrogens with one attached hydrogen (secondary N) is 2. The van der Waals surface area contributed by atoms with E-state index in [9.17, 15) is 4.79 Å². The summed E-state index contributed by atoms with van der Waals surface area (Å²) >= 11 is 0. The van der Waals surface area contributed by atoms with Gasteiger partial charge in [-0.2, -0.15) is 5.10 Å². The second-order valence-corrected chi connectivity index (χ2v) is 7.06. The number of aromatic amines is 1. The summed E-state index contributed by atoms with van der Waals surface area (Å²) in [7, 11) is 3.15. The molecule has 0 bridgehead atoms. The topological polar surface area (TPSA) is 84.9 Å². The molecule has 0 aliphatic carbocycles. The van der Waals surface area contributed by atoms with Crippen molar-refractivity contribution in [2.75, 3.05) is 14.2 Å². The molecule has 7 heteroatoms. The maximum absolute atomic E-state index is 12.6. The van der Waals surface area contributed by atoms with Crippen LogP contribution in [0, 0.1) is 0 Å². The normalized spacial score (nSPS) is 11.3. The lowest BCUT2D eigenvalue weighted by molar-refractivity contribution is 0.0950. The van der Waals surface area contributed by atoms with E-state index in [-0.39, 0.29) is 5.91 Å². The number of fused-ring (bicyclic) bond motifs is 1. The molecule has 0 fully saturated rings. The number of hydrazone groups is 1. The van der Waals surface area contributed by atoms with Crippen molar-refractivity contribution in [1.29, 1.82) is 0 Å². The van der Waals surface area contributed by atoms with Crippen LogP contribution in [0.25, 0.3) is 10.9 Å². The van der Waals surface area contributed by atoms with Crippen LogP contribution in [0.1, 0.15) is 23.0 Å². The average molecular weight is 429 g/mol. The Bertz CT molecular complexity index is 1280. The van der Waals surface area contributed by atoms with Gasteiger partial charge >= 0.3 is 0 Å². The first kappa shape index (κ1) is 21.0. The van der Waals surface area contributed by atoms with Crippen LogP contribution in [0.5, 0.6) is 23.0 Å². The second-order valence-electron chi connectivity index (χ2n) is 7.06. The average Bonchev–Trinajstić information content (AvgIpc) is 3.26. The van der Waals surface area contributed by atoms with E-state index < -0.39 is 0 Å². The minimum atomic E-state index is -0.341. The molecule has 0 saturated carbocycles. The second kappa shape index (κ2) is 9.26. The Balaban J connectivity index is 1.48. The summed E-state index contributed by atoms with van der Waals surface area (Å²) in [5.74, 6) is 2.32. The molecule has 2 N–H and O–H groups in total. The van der Waals surface area contributed by atoms with Crippen LogP contribution in [0.15, 0.2) is 77.9 Å². The van der Waals surface area contributed by atoms with E-state index in [1.807, 2.05) is 54.6 Å². The molecule has 0 aliphatic heterocycles. The molecule has 1 heterocycles. The van der Waals surface area contributed by atoms with E-state index in [4.69, 9.17) is 14.2 Å². The van der Waals surface area contributed by atoms with Crippen molar-refractivity contribution < 1.29 is 19.0 Å². The van der Waals surface area contributed by atoms with Gasteiger partial charge in [-0.3, -0.25) is 4.79 Å². The third kappa shape index (κ3) is 4.57. The highest BCUT2D eigenvalue weighted by Crippen LogP contribution is 2.28. The van der Waals surface area contributed by atoms with E-state index in [1.54, 1.807) is 39.3 Å². The van der Waals surface area contributed by atoms with Crippen molar-refractivity contribution in [2.45, 2.75) is 6.92 Å². The summed E-state index contributed by atoms with van der Waals surface area (Å²) in [5.41, 5.74) is 5.27. The predicted octanol–water partition coefficient (Wildman–Crippen LogP) is 5.13. The lowest BCUT2D eigenvalue weighted by Gasteiger charge is -2.09. The maximum atomic E-state index is 12.6. The Morgan fingerprint density at radius 3 is 2.41 bits per heavy atom. The first-order chi connectivity index (χ1) is 15.6. The van der Waals surface area contributed by atoms with Gasteiger partial charge in [0.05, 0.1) is 19.9 Å². The van der Waals surface area contributed by atoms with Crippen LogP contribution in [0.3, 0.4) is 0 Å². The van der Waals surface area contributed by atoms with Crippen molar-refractivity contribution >= 4 is 22.5 Å². The molecule has 0 atom stereocenters. The third-order valence-electron chi connectivity index (χ3n) is 4.94. The van der Waals surface area contributed by atoms with Crippen LogP contribution in [0.4, 0.5) is 0 Å². The fraction of sp³-hybridized carbons (Fsp3) is 0.120. The lowest BCUT2D eigenvalue weighted by atomic mass is 10.1. The number of carbonyl (C=O) groups is 1. The summed E-state index contributed by atoms with van der Waals surface area (Å²) < 4.78 is 16.4. The maximum Gasteiger partial charge on any atom is 0.287 e. The number of nitrogens with zero attached hydrogens (tertiary/aromatic N) is 1. The van der Waals surface area contributed by atoms with Crippen LogP contribution in [-0.2, 0) is 0 Å². The van der Waals surface area contributed by atoms with Gasteiger partial charge < -0.3 is 19.2 Å². The molecule has 3 aromatic carbocycles. The molecular formula is C25H23N3O4. The highest BCUT2D eigenvalue weighted by atomic mass is 16.5. The Morgan fingerprint density at radius 2 is 1.66 bits per heavy atom. The van der Waals surface area contributed by atoms with Gasteiger partial charge in [0.2, 0.25) is 0 Å². The van der Waals surface area contributed by atoms with Crippen molar-refractivity contribution in [2.24, 2.45) is 5.10 Å². The number of hydrogen-bond acceptors (Lipinski definition) is 5. The van der Waals surface area contributed by atoms with Crippen molar-refractivity contribution in [1.82, 2.24) is 10.4 Å². The molecule has 0 radical (unpaired) electrons. The van der Waals surface area contributed by atoms with Gasteiger partial charge in [-0.15, -0.1) is 0 Å². The standard InChI is InChI=1S/C25H23N3O4/c1-16(17-9-12-23(30-2)24(15-17)31-3)27-28-25(29)22-14-18-13-20(10-11-21(18)26-22)32-19-7-5-4-6-8-19/h4-15,26H,1-3H3,(H,28,29)/b27-16-. The molecule has 0 saturated heterocycles. The molecular weight excluding hydrogens is 406 g/mol. The molecule has 1 aromatic heterocycles. The smallest absolute Gasteiger partial charge is 0.287 e. The minimum Gasteiger partial charge on any atom is -0.493 e. The number of amides is 1. The molecule has 162 valence electrons. The van der Waals surface area contributed by atoms with Gasteiger partial charge in [-0.05, 0) is 61.5 Å². The number of ether oxygens (including phenoxy) is 3. The fourth-order valence-electron chi connectivity index (χ4n) is 3.24. The van der Waals surface area contributed by atoms with Crippen LogP contribution in [0.2, 0.25) is 0 Å². The van der Waals surface area contributed by atoms with Gasteiger partial charge in [0.25, 0.3) is 5.91 Å². The van der Waals surface area contributed by atoms with E-state index >= 15 is 0 Å². The quantitative estimate of drug-likeness (QED) is 0.315. The highest BCUT2D eigenvalue weighted by Gasteiger charge is 2.11. The number of methoxy groups -OCH3 is 2. The molecule has 1 amide bonds. The number of benzene rings is 3. The molecule has 0 spiro atoms. The van der Waals surface area contributed by atoms with Crippen LogP contribution >= 0.6 is 0 Å². The number of para-hydroxylation sites is 1. The summed E-state index contributed by atoms with van der Waals surface area (Å²) in [4.78, 5) is 15.7. The summed E-state index contributed by atoms with van der Waals surface area (Å²) in [5, 5.41) is 5.09. The van der Waals surface area contributed by atoms with Crippen molar-refractivity contribution in [3.05, 3.63) is 84.1 Å². The zero-order valence-electron chi connectivity index (χ0n) is 18.0. The number of aromatic nitrogens is 1. The van der Waals surface area contributed by atoms with Gasteiger partial charge in [0.15, 0.2) is 11.5 Å². The lowest BCUT2D eigenvalue weighted by Crippen LogP contribution is -2.19. The Hall–Kier alpha value is -4.26. The Kier molecular flexibility index (Phi) is 6.07. The first-order valence-corrected chi connectivity index (χ1v) is 10.00. The number of H-pyrrole nitrogens is 1. The van der Waals surface area contributed by atoms with Gasteiger partial charge in [0, 0.05) is 16.5 Å². The van der Waals surface area contributed by atoms with Gasteiger partial charge in [0.1, 0.15) is 17.2 Å². The first-order valence-electron chi connectivity index (χ1n) is 10.00. The summed E-state index contributed by atoms with van der Waals surface area (Å²) in [6.45, 7) is 1.81. The monoisotopic (exact) mass is 429 g/mol. The Labute approximate surface area is 185 Å². The van der Waals surface area contributed by atoms with Gasteiger partial charge in [-0.1, -0.05) is 18.2 Å². The highest BCUT2D eigenvalue weighted by molar-refractivity contribution is 6.02. The molecule has 0 aliphatic rings. The largest absolute Gasteiger partial charge is 0.493 e. The molecule has 7 nitrogen and oxygen atoms in total. The van der Waals surface area contributed by atoms with Crippen molar-refractivity contribution in [3.8, 4) is 23.0 Å². The van der Waals surface area contributed by atoms with E-state index in [2.05, 4.69) is 15.5 Å². The van der Waals surface area contributed by atoms with E-state index in [0.717, 1.165) is 22.2 Å². The fourth-order valence-corrected chi connectivity index (χ4v) is 3.24. The van der Waals surface area contributed by atoms with Crippen LogP contribution in [-0.4, -0.2) is 30.8 Å². The SMILES string of the molecule is COc1ccc(/C(C)=N\NC(=O)c2cc3cc(Oc4ccccc4)ccc3[nH]2)cc1OC.